The number of hydrogen-bond donors (Lipinski definition) is 1. The number of methoxy groups -OCH3 is 1. The number of carbonyl (C=O) groups excluding carboxylic acids is 2. The van der Waals surface area contributed by atoms with Crippen LogP contribution in [0.25, 0.3) is 0 Å². The van der Waals surface area contributed by atoms with Crippen molar-refractivity contribution < 1.29 is 14.3 Å². The largest absolute Gasteiger partial charge is 0.497 e. The molecule has 3 aromatic carbocycles. The van der Waals surface area contributed by atoms with E-state index in [1.54, 1.807) is 23.8 Å². The lowest BCUT2D eigenvalue weighted by Crippen LogP contribution is -2.51. The number of ether oxygens (including phenoxy) is 1. The van der Waals surface area contributed by atoms with Gasteiger partial charge in [0.05, 0.1) is 12.9 Å². The molecule has 0 aromatic heterocycles. The summed E-state index contributed by atoms with van der Waals surface area (Å²) in [4.78, 5) is 28.9. The highest BCUT2D eigenvalue weighted by molar-refractivity contribution is 9.10. The highest BCUT2D eigenvalue weighted by atomic mass is 79.9. The highest BCUT2D eigenvalue weighted by Crippen LogP contribution is 2.21. The van der Waals surface area contributed by atoms with Crippen LogP contribution in [0.1, 0.15) is 36.5 Å². The first-order valence-corrected chi connectivity index (χ1v) is 14.5. The Morgan fingerprint density at radius 2 is 1.62 bits per heavy atom. The number of unbranched alkanes of at least 4 members (excludes halogenated alkanes) is 1. The van der Waals surface area contributed by atoms with Crippen LogP contribution in [0.15, 0.2) is 83.3 Å². The number of benzene rings is 3. The third kappa shape index (κ3) is 9.56. The Labute approximate surface area is 233 Å². The molecule has 0 aliphatic rings. The second-order valence-corrected chi connectivity index (χ2v) is 10.7. The molecule has 2 amide bonds. The number of thioether (sulfide) groups is 1. The predicted octanol–water partition coefficient (Wildman–Crippen LogP) is 6.25. The molecule has 0 unspecified atom stereocenters. The number of nitrogens with zero attached hydrogens (tertiary/aromatic N) is 1. The SMILES string of the molecule is CCCCNC(=O)[C@@H](Cc1ccccc1)N(Cc1ccc(Br)cc1)C(=O)CSCc1ccc(OC)cc1. The van der Waals surface area contributed by atoms with Crippen molar-refractivity contribution in [2.45, 2.75) is 44.5 Å². The van der Waals surface area contributed by atoms with Gasteiger partial charge in [0.15, 0.2) is 0 Å². The molecular weight excluding hydrogens is 548 g/mol. The van der Waals surface area contributed by atoms with Gasteiger partial charge in [-0.3, -0.25) is 9.59 Å². The van der Waals surface area contributed by atoms with Gasteiger partial charge in [0, 0.05) is 29.7 Å². The van der Waals surface area contributed by atoms with Gasteiger partial charge in [-0.25, -0.2) is 0 Å². The van der Waals surface area contributed by atoms with E-state index in [0.717, 1.165) is 39.8 Å². The number of halogens is 1. The fourth-order valence-electron chi connectivity index (χ4n) is 3.91. The van der Waals surface area contributed by atoms with E-state index in [9.17, 15) is 9.59 Å². The highest BCUT2D eigenvalue weighted by Gasteiger charge is 2.30. The number of nitrogens with one attached hydrogen (secondary N) is 1. The number of amides is 2. The van der Waals surface area contributed by atoms with E-state index in [1.165, 1.54) is 0 Å². The summed E-state index contributed by atoms with van der Waals surface area (Å²) in [6.07, 6.45) is 2.36. The molecule has 7 heteroatoms. The molecule has 1 N–H and O–H groups in total. The van der Waals surface area contributed by atoms with Gasteiger partial charge in [0.25, 0.3) is 0 Å². The van der Waals surface area contributed by atoms with Crippen molar-refractivity contribution in [3.8, 4) is 5.75 Å². The van der Waals surface area contributed by atoms with Crippen molar-refractivity contribution >= 4 is 39.5 Å². The zero-order chi connectivity index (χ0) is 26.5. The fraction of sp³-hybridized carbons (Fsp3) is 0.333. The lowest BCUT2D eigenvalue weighted by atomic mass is 10.0. The molecule has 0 radical (unpaired) electrons. The van der Waals surface area contributed by atoms with E-state index >= 15 is 0 Å². The second-order valence-electron chi connectivity index (χ2n) is 8.84. The average Bonchev–Trinajstić information content (AvgIpc) is 2.92. The second kappa shape index (κ2) is 15.5. The maximum atomic E-state index is 13.7. The monoisotopic (exact) mass is 582 g/mol. The van der Waals surface area contributed by atoms with E-state index in [0.29, 0.717) is 25.3 Å². The molecule has 3 aromatic rings. The van der Waals surface area contributed by atoms with Crippen LogP contribution in [0.5, 0.6) is 5.75 Å². The first-order chi connectivity index (χ1) is 18.0. The van der Waals surface area contributed by atoms with Crippen LogP contribution in [0.2, 0.25) is 0 Å². The van der Waals surface area contributed by atoms with Crippen LogP contribution in [0.4, 0.5) is 0 Å². The maximum absolute atomic E-state index is 13.7. The molecule has 0 fully saturated rings. The van der Waals surface area contributed by atoms with Gasteiger partial charge in [0.1, 0.15) is 11.8 Å². The summed E-state index contributed by atoms with van der Waals surface area (Å²) in [5.74, 6) is 1.64. The van der Waals surface area contributed by atoms with Gasteiger partial charge < -0.3 is 15.0 Å². The number of rotatable bonds is 14. The Hall–Kier alpha value is -2.77. The van der Waals surface area contributed by atoms with Crippen molar-refractivity contribution in [2.24, 2.45) is 0 Å². The number of hydrogen-bond acceptors (Lipinski definition) is 4. The van der Waals surface area contributed by atoms with Gasteiger partial charge in [-0.1, -0.05) is 83.9 Å². The summed E-state index contributed by atoms with van der Waals surface area (Å²) in [7, 11) is 1.65. The third-order valence-corrected chi connectivity index (χ3v) is 7.54. The van der Waals surface area contributed by atoms with Crippen LogP contribution in [-0.2, 0) is 28.3 Å². The predicted molar refractivity (Wildman–Crippen MR) is 156 cm³/mol. The lowest BCUT2D eigenvalue weighted by Gasteiger charge is -2.31. The van der Waals surface area contributed by atoms with E-state index in [4.69, 9.17) is 4.74 Å². The molecule has 196 valence electrons. The molecule has 3 rings (SSSR count). The minimum absolute atomic E-state index is 0.0481. The molecule has 0 spiro atoms. The summed E-state index contributed by atoms with van der Waals surface area (Å²) in [5, 5.41) is 3.07. The molecule has 0 saturated carbocycles. The Bertz CT molecular complexity index is 1110. The smallest absolute Gasteiger partial charge is 0.243 e. The molecular formula is C30H35BrN2O3S. The molecule has 0 bridgehead atoms. The number of carbonyl (C=O) groups is 2. The summed E-state index contributed by atoms with van der Waals surface area (Å²) in [6, 6.07) is 25.1. The summed E-state index contributed by atoms with van der Waals surface area (Å²) >= 11 is 5.04. The van der Waals surface area contributed by atoms with E-state index < -0.39 is 6.04 Å². The Kier molecular flexibility index (Phi) is 12.0. The van der Waals surface area contributed by atoms with Crippen molar-refractivity contribution in [1.82, 2.24) is 10.2 Å². The van der Waals surface area contributed by atoms with Crippen LogP contribution >= 0.6 is 27.7 Å². The van der Waals surface area contributed by atoms with Crippen molar-refractivity contribution in [2.75, 3.05) is 19.4 Å². The molecule has 1 atom stereocenters. The average molecular weight is 584 g/mol. The van der Waals surface area contributed by atoms with Gasteiger partial charge in [-0.05, 0) is 47.4 Å². The summed E-state index contributed by atoms with van der Waals surface area (Å²) in [5.41, 5.74) is 3.13. The first-order valence-electron chi connectivity index (χ1n) is 12.6. The van der Waals surface area contributed by atoms with Gasteiger partial charge in [-0.15, -0.1) is 11.8 Å². The molecule has 0 aliphatic carbocycles. The topological polar surface area (TPSA) is 58.6 Å². The zero-order valence-electron chi connectivity index (χ0n) is 21.5. The minimum atomic E-state index is -0.600. The van der Waals surface area contributed by atoms with Gasteiger partial charge in [0.2, 0.25) is 11.8 Å². The van der Waals surface area contributed by atoms with Gasteiger partial charge >= 0.3 is 0 Å². The standard InChI is InChI=1S/C30H35BrN2O3S/c1-3-4-18-32-30(35)28(19-23-8-6-5-7-9-23)33(20-24-10-14-26(31)15-11-24)29(34)22-37-21-25-12-16-27(36-2)17-13-25/h5-17,28H,3-4,18-22H2,1-2H3,(H,32,35)/t28-/m1/s1. The van der Waals surface area contributed by atoms with E-state index in [-0.39, 0.29) is 17.6 Å². The molecule has 0 aliphatic heterocycles. The van der Waals surface area contributed by atoms with E-state index in [1.807, 2.05) is 78.9 Å². The minimum Gasteiger partial charge on any atom is -0.497 e. The quantitative estimate of drug-likeness (QED) is 0.228. The van der Waals surface area contributed by atoms with Crippen LogP contribution in [-0.4, -0.2) is 42.2 Å². The molecule has 5 nitrogen and oxygen atoms in total. The zero-order valence-corrected chi connectivity index (χ0v) is 23.9. The lowest BCUT2D eigenvalue weighted by molar-refractivity contribution is -0.139. The van der Waals surface area contributed by atoms with Crippen LogP contribution < -0.4 is 10.1 Å². The van der Waals surface area contributed by atoms with Crippen molar-refractivity contribution in [3.63, 3.8) is 0 Å². The maximum Gasteiger partial charge on any atom is 0.243 e. The first kappa shape index (κ1) is 28.8. The normalized spacial score (nSPS) is 11.5. The molecule has 0 heterocycles. The molecule has 37 heavy (non-hydrogen) atoms. The summed E-state index contributed by atoms with van der Waals surface area (Å²) < 4.78 is 6.21. The van der Waals surface area contributed by atoms with E-state index in [2.05, 4.69) is 28.2 Å². The van der Waals surface area contributed by atoms with Crippen LogP contribution in [0.3, 0.4) is 0 Å². The third-order valence-electron chi connectivity index (χ3n) is 6.02. The Morgan fingerprint density at radius 1 is 0.946 bits per heavy atom. The Morgan fingerprint density at radius 3 is 2.27 bits per heavy atom. The van der Waals surface area contributed by atoms with Crippen molar-refractivity contribution in [3.05, 3.63) is 100 Å². The van der Waals surface area contributed by atoms with Crippen molar-refractivity contribution in [1.29, 1.82) is 0 Å². The van der Waals surface area contributed by atoms with Crippen LogP contribution in [0, 0.1) is 0 Å². The van der Waals surface area contributed by atoms with Gasteiger partial charge in [-0.2, -0.15) is 0 Å². The fourth-order valence-corrected chi connectivity index (χ4v) is 5.04. The Balaban J connectivity index is 1.80. The molecule has 0 saturated heterocycles. The summed E-state index contributed by atoms with van der Waals surface area (Å²) in [6.45, 7) is 3.07.